The maximum Gasteiger partial charge on any atom is 0.307 e. The van der Waals surface area contributed by atoms with Crippen LogP contribution in [0.1, 0.15) is 25.5 Å². The minimum Gasteiger partial charge on any atom is -0.481 e. The molecule has 108 valence electrons. The maximum absolute atomic E-state index is 12.6. The molecule has 0 saturated carbocycles. The Kier molecular flexibility index (Phi) is 4.61. The highest BCUT2D eigenvalue weighted by molar-refractivity contribution is 5.85. The van der Waals surface area contributed by atoms with E-state index in [1.165, 1.54) is 0 Å². The number of hydrogen-bond acceptors (Lipinski definition) is 3. The van der Waals surface area contributed by atoms with Gasteiger partial charge in [0, 0.05) is 6.54 Å². The van der Waals surface area contributed by atoms with Crippen LogP contribution in [0.5, 0.6) is 0 Å². The second kappa shape index (κ2) is 6.41. The van der Waals surface area contributed by atoms with Crippen LogP contribution in [0, 0.1) is 11.8 Å². The van der Waals surface area contributed by atoms with Crippen LogP contribution in [-0.4, -0.2) is 28.4 Å². The molecule has 0 radical (unpaired) electrons. The van der Waals surface area contributed by atoms with Gasteiger partial charge in [0.2, 0.25) is 5.91 Å². The summed E-state index contributed by atoms with van der Waals surface area (Å²) < 4.78 is 5.25. The van der Waals surface area contributed by atoms with E-state index in [-0.39, 0.29) is 5.91 Å². The van der Waals surface area contributed by atoms with Gasteiger partial charge in [-0.1, -0.05) is 12.2 Å². The zero-order valence-corrected chi connectivity index (χ0v) is 11.5. The molecule has 0 fully saturated rings. The molecule has 2 rings (SSSR count). The molecule has 5 nitrogen and oxygen atoms in total. The lowest BCUT2D eigenvalue weighted by molar-refractivity contribution is -0.150. The lowest BCUT2D eigenvalue weighted by Crippen LogP contribution is -2.41. The summed E-state index contributed by atoms with van der Waals surface area (Å²) in [6.45, 7) is 2.80. The monoisotopic (exact) mass is 277 g/mol. The summed E-state index contributed by atoms with van der Waals surface area (Å²) in [4.78, 5) is 25.5. The minimum atomic E-state index is -0.901. The van der Waals surface area contributed by atoms with E-state index >= 15 is 0 Å². The van der Waals surface area contributed by atoms with Crippen LogP contribution >= 0.6 is 0 Å². The number of carboxylic acids is 1. The van der Waals surface area contributed by atoms with Crippen LogP contribution in [0.15, 0.2) is 35.0 Å². The van der Waals surface area contributed by atoms with E-state index in [2.05, 4.69) is 0 Å². The summed E-state index contributed by atoms with van der Waals surface area (Å²) in [5.41, 5.74) is 0. The summed E-state index contributed by atoms with van der Waals surface area (Å²) >= 11 is 0. The van der Waals surface area contributed by atoms with Crippen LogP contribution in [-0.2, 0) is 16.1 Å². The van der Waals surface area contributed by atoms with Gasteiger partial charge >= 0.3 is 5.97 Å². The molecule has 1 aliphatic carbocycles. The van der Waals surface area contributed by atoms with E-state index in [4.69, 9.17) is 4.42 Å². The van der Waals surface area contributed by atoms with Gasteiger partial charge in [0.25, 0.3) is 0 Å². The van der Waals surface area contributed by atoms with Crippen molar-refractivity contribution >= 4 is 11.9 Å². The molecule has 1 N–H and O–H groups in total. The van der Waals surface area contributed by atoms with Crippen molar-refractivity contribution in [3.05, 3.63) is 36.3 Å². The topological polar surface area (TPSA) is 70.8 Å². The number of hydrogen-bond donors (Lipinski definition) is 1. The second-order valence-electron chi connectivity index (χ2n) is 4.93. The molecule has 0 bridgehead atoms. The third-order valence-electron chi connectivity index (χ3n) is 3.69. The van der Waals surface area contributed by atoms with Gasteiger partial charge in [-0.3, -0.25) is 9.59 Å². The van der Waals surface area contributed by atoms with E-state index < -0.39 is 17.8 Å². The third kappa shape index (κ3) is 3.10. The van der Waals surface area contributed by atoms with E-state index in [1.807, 2.05) is 25.1 Å². The molecule has 1 amide bonds. The first kappa shape index (κ1) is 14.4. The van der Waals surface area contributed by atoms with Crippen molar-refractivity contribution in [2.24, 2.45) is 11.8 Å². The summed E-state index contributed by atoms with van der Waals surface area (Å²) in [7, 11) is 0. The summed E-state index contributed by atoms with van der Waals surface area (Å²) in [5, 5.41) is 9.25. The second-order valence-corrected chi connectivity index (χ2v) is 4.93. The van der Waals surface area contributed by atoms with Crippen LogP contribution in [0.25, 0.3) is 0 Å². The van der Waals surface area contributed by atoms with Crippen LogP contribution in [0.3, 0.4) is 0 Å². The highest BCUT2D eigenvalue weighted by Gasteiger charge is 2.36. The lowest BCUT2D eigenvalue weighted by Gasteiger charge is -2.29. The third-order valence-corrected chi connectivity index (χ3v) is 3.69. The summed E-state index contributed by atoms with van der Waals surface area (Å²) in [5.74, 6) is -1.41. The van der Waals surface area contributed by atoms with Crippen LogP contribution in [0.4, 0.5) is 0 Å². The smallest absolute Gasteiger partial charge is 0.307 e. The molecule has 5 heteroatoms. The highest BCUT2D eigenvalue weighted by Crippen LogP contribution is 2.28. The van der Waals surface area contributed by atoms with Crippen LogP contribution in [0.2, 0.25) is 0 Å². The van der Waals surface area contributed by atoms with Gasteiger partial charge in [0.15, 0.2) is 0 Å². The molecular formula is C15H19NO4. The van der Waals surface area contributed by atoms with Crippen molar-refractivity contribution < 1.29 is 19.1 Å². The van der Waals surface area contributed by atoms with Crippen molar-refractivity contribution in [1.82, 2.24) is 4.90 Å². The molecule has 1 aliphatic rings. The van der Waals surface area contributed by atoms with Crippen molar-refractivity contribution in [3.63, 3.8) is 0 Å². The Morgan fingerprint density at radius 3 is 2.60 bits per heavy atom. The number of carboxylic acid groups (broad SMARTS) is 1. The van der Waals surface area contributed by atoms with Gasteiger partial charge in [-0.15, -0.1) is 0 Å². The number of carbonyl (C=O) groups excluding carboxylic acids is 1. The fraction of sp³-hybridized carbons (Fsp3) is 0.467. The van der Waals surface area contributed by atoms with Gasteiger partial charge in [0.05, 0.1) is 24.6 Å². The predicted molar refractivity (Wildman–Crippen MR) is 72.8 cm³/mol. The average molecular weight is 277 g/mol. The van der Waals surface area contributed by atoms with Gasteiger partial charge < -0.3 is 14.4 Å². The number of aliphatic carboxylic acids is 1. The first-order chi connectivity index (χ1) is 9.63. The van der Waals surface area contributed by atoms with Crippen LogP contribution < -0.4 is 0 Å². The zero-order valence-electron chi connectivity index (χ0n) is 11.5. The standard InChI is InChI=1S/C15H19NO4/c1-2-16(10-11-6-5-9-20-11)14(17)12-7-3-4-8-13(12)15(18)19/h3-6,9,12-13H,2,7-8,10H2,1H3,(H,18,19). The number of carbonyl (C=O) groups is 2. The quantitative estimate of drug-likeness (QED) is 0.838. The fourth-order valence-corrected chi connectivity index (χ4v) is 2.53. The van der Waals surface area contributed by atoms with E-state index in [1.54, 1.807) is 17.2 Å². The Labute approximate surface area is 117 Å². The van der Waals surface area contributed by atoms with Gasteiger partial charge in [-0.25, -0.2) is 0 Å². The number of furan rings is 1. The highest BCUT2D eigenvalue weighted by atomic mass is 16.4. The Balaban J connectivity index is 2.10. The van der Waals surface area contributed by atoms with Gasteiger partial charge in [-0.2, -0.15) is 0 Å². The molecule has 1 aromatic heterocycles. The first-order valence-corrected chi connectivity index (χ1v) is 6.82. The lowest BCUT2D eigenvalue weighted by atomic mass is 9.82. The minimum absolute atomic E-state index is 0.111. The molecule has 1 aromatic rings. The van der Waals surface area contributed by atoms with E-state index in [0.29, 0.717) is 31.7 Å². The Morgan fingerprint density at radius 2 is 2.05 bits per heavy atom. The largest absolute Gasteiger partial charge is 0.481 e. The Morgan fingerprint density at radius 1 is 1.35 bits per heavy atom. The zero-order chi connectivity index (χ0) is 14.5. The Bertz CT molecular complexity index is 492. The molecular weight excluding hydrogens is 258 g/mol. The molecule has 2 atom stereocenters. The average Bonchev–Trinajstić information content (AvgIpc) is 2.97. The Hall–Kier alpha value is -2.04. The van der Waals surface area contributed by atoms with Crippen molar-refractivity contribution in [2.45, 2.75) is 26.3 Å². The number of nitrogens with zero attached hydrogens (tertiary/aromatic N) is 1. The fourth-order valence-electron chi connectivity index (χ4n) is 2.53. The molecule has 0 aromatic carbocycles. The van der Waals surface area contributed by atoms with E-state index in [0.717, 1.165) is 0 Å². The molecule has 0 saturated heterocycles. The van der Waals surface area contributed by atoms with Crippen molar-refractivity contribution in [2.75, 3.05) is 6.54 Å². The van der Waals surface area contributed by atoms with Gasteiger partial charge in [0.1, 0.15) is 5.76 Å². The maximum atomic E-state index is 12.6. The molecule has 20 heavy (non-hydrogen) atoms. The number of allylic oxidation sites excluding steroid dienone is 2. The van der Waals surface area contributed by atoms with Crippen molar-refractivity contribution in [3.8, 4) is 0 Å². The molecule has 0 aliphatic heterocycles. The number of rotatable bonds is 5. The molecule has 0 spiro atoms. The normalized spacial score (nSPS) is 21.6. The molecule has 2 unspecified atom stereocenters. The predicted octanol–water partition coefficient (Wildman–Crippen LogP) is 2.30. The first-order valence-electron chi connectivity index (χ1n) is 6.82. The van der Waals surface area contributed by atoms with Gasteiger partial charge in [-0.05, 0) is 31.9 Å². The summed E-state index contributed by atoms with van der Waals surface area (Å²) in [6, 6.07) is 3.59. The summed E-state index contributed by atoms with van der Waals surface area (Å²) in [6.07, 6.45) is 6.21. The number of amides is 1. The van der Waals surface area contributed by atoms with Crippen molar-refractivity contribution in [1.29, 1.82) is 0 Å². The SMILES string of the molecule is CCN(Cc1ccco1)C(=O)C1CC=CCC1C(=O)O. The van der Waals surface area contributed by atoms with E-state index in [9.17, 15) is 14.7 Å². The molecule has 1 heterocycles.